The Labute approximate surface area is 90.2 Å². The van der Waals surface area contributed by atoms with Gasteiger partial charge in [-0.3, -0.25) is 4.79 Å². The highest BCUT2D eigenvalue weighted by Gasteiger charge is 2.20. The molecule has 1 rings (SSSR count). The van der Waals surface area contributed by atoms with Gasteiger partial charge in [0, 0.05) is 11.8 Å². The lowest BCUT2D eigenvalue weighted by molar-refractivity contribution is -0.123. The zero-order chi connectivity index (χ0) is 10.6. The summed E-state index contributed by atoms with van der Waals surface area (Å²) in [7, 11) is 0. The van der Waals surface area contributed by atoms with E-state index in [0.29, 0.717) is 5.25 Å². The lowest BCUT2D eigenvalue weighted by atomic mass is 10.1. The van der Waals surface area contributed by atoms with E-state index in [-0.39, 0.29) is 17.9 Å². The number of hydrogen-bond donors (Lipinski definition) is 2. The molecule has 0 aliphatic carbocycles. The molecule has 2 atom stereocenters. The van der Waals surface area contributed by atoms with Crippen molar-refractivity contribution in [2.45, 2.75) is 38.0 Å². The van der Waals surface area contributed by atoms with Crippen molar-refractivity contribution >= 4 is 17.7 Å². The normalized spacial score (nSPS) is 23.9. The maximum atomic E-state index is 11.5. The smallest absolute Gasteiger partial charge is 0.237 e. The Kier molecular flexibility index (Phi) is 4.75. The third kappa shape index (κ3) is 3.50. The first-order valence-corrected chi connectivity index (χ1v) is 6.31. The Morgan fingerprint density at radius 1 is 1.64 bits per heavy atom. The van der Waals surface area contributed by atoms with Crippen molar-refractivity contribution in [3.63, 3.8) is 0 Å². The minimum absolute atomic E-state index is 0.00694. The van der Waals surface area contributed by atoms with Crippen molar-refractivity contribution in [3.05, 3.63) is 0 Å². The summed E-state index contributed by atoms with van der Waals surface area (Å²) in [5, 5.41) is 3.53. The molecule has 0 spiro atoms. The fourth-order valence-corrected chi connectivity index (χ4v) is 2.64. The fraction of sp³-hybridized carbons (Fsp3) is 0.900. The molecule has 2 unspecified atom stereocenters. The summed E-state index contributed by atoms with van der Waals surface area (Å²) in [5.41, 5.74) is 5.73. The molecular weight excluding hydrogens is 196 g/mol. The monoisotopic (exact) mass is 216 g/mol. The van der Waals surface area contributed by atoms with Crippen LogP contribution in [0.25, 0.3) is 0 Å². The van der Waals surface area contributed by atoms with Crippen molar-refractivity contribution in [1.82, 2.24) is 5.32 Å². The average molecular weight is 216 g/mol. The third-order valence-electron chi connectivity index (χ3n) is 2.55. The molecule has 0 aromatic heterocycles. The van der Waals surface area contributed by atoms with Crippen LogP contribution in [0.4, 0.5) is 0 Å². The van der Waals surface area contributed by atoms with Crippen molar-refractivity contribution in [3.8, 4) is 0 Å². The second-order valence-electron chi connectivity index (χ2n) is 4.15. The average Bonchev–Trinajstić information content (AvgIpc) is 2.65. The highest BCUT2D eigenvalue weighted by molar-refractivity contribution is 8.00. The molecule has 3 N–H and O–H groups in total. The molecule has 1 heterocycles. The van der Waals surface area contributed by atoms with Gasteiger partial charge >= 0.3 is 0 Å². The van der Waals surface area contributed by atoms with E-state index < -0.39 is 0 Å². The van der Waals surface area contributed by atoms with E-state index in [2.05, 4.69) is 5.32 Å². The zero-order valence-corrected chi connectivity index (χ0v) is 9.77. The summed E-state index contributed by atoms with van der Waals surface area (Å²) in [5.74, 6) is 1.44. The minimum atomic E-state index is -0.360. The van der Waals surface area contributed by atoms with Crippen LogP contribution in [0.1, 0.15) is 26.7 Å². The first-order valence-electron chi connectivity index (χ1n) is 5.26. The number of carbonyl (C=O) groups is 1. The van der Waals surface area contributed by atoms with Gasteiger partial charge in [0.05, 0.1) is 6.04 Å². The summed E-state index contributed by atoms with van der Waals surface area (Å²) >= 11 is 1.95. The lowest BCUT2D eigenvalue weighted by Gasteiger charge is -2.17. The van der Waals surface area contributed by atoms with Gasteiger partial charge in [-0.2, -0.15) is 11.8 Å². The van der Waals surface area contributed by atoms with Crippen LogP contribution in [-0.4, -0.2) is 29.5 Å². The minimum Gasteiger partial charge on any atom is -0.354 e. The van der Waals surface area contributed by atoms with Gasteiger partial charge in [-0.05, 0) is 24.5 Å². The molecule has 14 heavy (non-hydrogen) atoms. The van der Waals surface area contributed by atoms with Gasteiger partial charge < -0.3 is 11.1 Å². The predicted octanol–water partition coefficient (Wildman–Crippen LogP) is 0.981. The molecule has 4 heteroatoms. The van der Waals surface area contributed by atoms with Crippen LogP contribution >= 0.6 is 11.8 Å². The van der Waals surface area contributed by atoms with Crippen LogP contribution < -0.4 is 11.1 Å². The summed E-state index contributed by atoms with van der Waals surface area (Å²) in [6, 6.07) is -0.360. The predicted molar refractivity (Wildman–Crippen MR) is 61.3 cm³/mol. The quantitative estimate of drug-likeness (QED) is 0.736. The van der Waals surface area contributed by atoms with Crippen molar-refractivity contribution in [2.75, 3.05) is 12.3 Å². The number of nitrogens with two attached hydrogens (primary N) is 1. The second-order valence-corrected chi connectivity index (χ2v) is 5.56. The molecule has 1 fully saturated rings. The second kappa shape index (κ2) is 5.61. The number of carbonyl (C=O) groups excluding carboxylic acids is 1. The van der Waals surface area contributed by atoms with Crippen molar-refractivity contribution < 1.29 is 4.79 Å². The Hall–Kier alpha value is -0.220. The molecule has 82 valence electrons. The first kappa shape index (κ1) is 11.9. The molecule has 3 nitrogen and oxygen atoms in total. The number of nitrogens with one attached hydrogen (secondary N) is 1. The van der Waals surface area contributed by atoms with Gasteiger partial charge in [-0.15, -0.1) is 0 Å². The SMILES string of the molecule is CC(C)C(N)C(=O)NCC1CCCS1. The topological polar surface area (TPSA) is 55.1 Å². The van der Waals surface area contributed by atoms with Crippen molar-refractivity contribution in [2.24, 2.45) is 11.7 Å². The number of amides is 1. The van der Waals surface area contributed by atoms with E-state index in [1.54, 1.807) is 0 Å². The van der Waals surface area contributed by atoms with E-state index in [1.807, 2.05) is 25.6 Å². The Morgan fingerprint density at radius 3 is 2.86 bits per heavy atom. The van der Waals surface area contributed by atoms with Crippen LogP contribution in [-0.2, 0) is 4.79 Å². The van der Waals surface area contributed by atoms with Gasteiger partial charge in [-0.1, -0.05) is 13.8 Å². The lowest BCUT2D eigenvalue weighted by Crippen LogP contribution is -2.45. The molecule has 0 bridgehead atoms. The molecule has 0 saturated carbocycles. The van der Waals surface area contributed by atoms with Crippen LogP contribution in [0.2, 0.25) is 0 Å². The maximum Gasteiger partial charge on any atom is 0.237 e. The van der Waals surface area contributed by atoms with E-state index in [4.69, 9.17) is 5.73 Å². The Balaban J connectivity index is 2.19. The third-order valence-corrected chi connectivity index (χ3v) is 3.95. The molecule has 0 aromatic rings. The summed E-state index contributed by atoms with van der Waals surface area (Å²) in [6.45, 7) is 4.72. The van der Waals surface area contributed by atoms with E-state index in [9.17, 15) is 4.79 Å². The molecule has 1 aliphatic rings. The summed E-state index contributed by atoms with van der Waals surface area (Å²) < 4.78 is 0. The number of rotatable bonds is 4. The Morgan fingerprint density at radius 2 is 2.36 bits per heavy atom. The van der Waals surface area contributed by atoms with Crippen LogP contribution in [0.3, 0.4) is 0 Å². The van der Waals surface area contributed by atoms with Crippen LogP contribution in [0.5, 0.6) is 0 Å². The van der Waals surface area contributed by atoms with Gasteiger partial charge in [0.2, 0.25) is 5.91 Å². The fourth-order valence-electron chi connectivity index (χ4n) is 1.44. The largest absolute Gasteiger partial charge is 0.354 e. The van der Waals surface area contributed by atoms with Crippen LogP contribution in [0, 0.1) is 5.92 Å². The van der Waals surface area contributed by atoms with Crippen LogP contribution in [0.15, 0.2) is 0 Å². The molecule has 1 saturated heterocycles. The number of thioether (sulfide) groups is 1. The maximum absolute atomic E-state index is 11.5. The molecule has 1 aliphatic heterocycles. The standard InChI is InChI=1S/C10H20N2OS/c1-7(2)9(11)10(13)12-6-8-4-3-5-14-8/h7-9H,3-6,11H2,1-2H3,(H,12,13). The number of hydrogen-bond acceptors (Lipinski definition) is 3. The summed E-state index contributed by atoms with van der Waals surface area (Å²) in [4.78, 5) is 11.5. The Bertz CT molecular complexity index is 191. The zero-order valence-electron chi connectivity index (χ0n) is 8.95. The highest BCUT2D eigenvalue weighted by atomic mass is 32.2. The van der Waals surface area contributed by atoms with Gasteiger partial charge in [-0.25, -0.2) is 0 Å². The molecular formula is C10H20N2OS. The molecule has 0 radical (unpaired) electrons. The van der Waals surface area contributed by atoms with Gasteiger partial charge in [0.25, 0.3) is 0 Å². The highest BCUT2D eigenvalue weighted by Crippen LogP contribution is 2.25. The van der Waals surface area contributed by atoms with E-state index >= 15 is 0 Å². The van der Waals surface area contributed by atoms with Gasteiger partial charge in [0.1, 0.15) is 0 Å². The summed E-state index contributed by atoms with van der Waals surface area (Å²) in [6.07, 6.45) is 2.50. The molecule has 1 amide bonds. The first-order chi connectivity index (χ1) is 6.61. The van der Waals surface area contributed by atoms with Gasteiger partial charge in [0.15, 0.2) is 0 Å². The van der Waals surface area contributed by atoms with E-state index in [0.717, 1.165) is 6.54 Å². The van der Waals surface area contributed by atoms with E-state index in [1.165, 1.54) is 18.6 Å². The van der Waals surface area contributed by atoms with Crippen molar-refractivity contribution in [1.29, 1.82) is 0 Å². The molecule has 0 aromatic carbocycles.